The molecule has 5 heteroatoms. The van der Waals surface area contributed by atoms with E-state index in [4.69, 9.17) is 17.3 Å². The largest absolute Gasteiger partial charge is 0.506 e. The molecule has 4 N–H and O–H groups in total. The first-order valence-electron chi connectivity index (χ1n) is 4.84. The molecule has 0 aliphatic rings. The minimum Gasteiger partial charge on any atom is -0.506 e. The maximum atomic E-state index is 9.91. The first kappa shape index (κ1) is 13.8. The summed E-state index contributed by atoms with van der Waals surface area (Å²) in [6.07, 6.45) is 0. The molecule has 16 heavy (non-hydrogen) atoms. The van der Waals surface area contributed by atoms with E-state index in [1.54, 1.807) is 12.1 Å². The fourth-order valence-electron chi connectivity index (χ4n) is 1.34. The first-order chi connectivity index (χ1) is 7.31. The average molecular weight is 309 g/mol. The summed E-state index contributed by atoms with van der Waals surface area (Å²) < 4.78 is 0.538. The van der Waals surface area contributed by atoms with Crippen LogP contribution in [0.2, 0.25) is 5.02 Å². The molecular formula is C11H15BrClNO2. The van der Waals surface area contributed by atoms with Gasteiger partial charge in [0.1, 0.15) is 5.75 Å². The molecule has 0 fully saturated rings. The van der Waals surface area contributed by atoms with Gasteiger partial charge in [-0.2, -0.15) is 0 Å². The third-order valence-corrected chi connectivity index (χ3v) is 3.64. The molecule has 0 amide bonds. The fourth-order valence-corrected chi connectivity index (χ4v) is 1.96. The molecule has 0 spiro atoms. The summed E-state index contributed by atoms with van der Waals surface area (Å²) in [6.45, 7) is 3.54. The Morgan fingerprint density at radius 3 is 2.56 bits per heavy atom. The number of benzene rings is 1. The Kier molecular flexibility index (Phi) is 4.23. The van der Waals surface area contributed by atoms with Crippen molar-refractivity contribution >= 4 is 27.5 Å². The van der Waals surface area contributed by atoms with Crippen molar-refractivity contribution in [2.24, 2.45) is 11.1 Å². The summed E-state index contributed by atoms with van der Waals surface area (Å²) in [4.78, 5) is 0. The lowest BCUT2D eigenvalue weighted by molar-refractivity contribution is 0.131. The highest BCUT2D eigenvalue weighted by Crippen LogP contribution is 2.42. The Morgan fingerprint density at radius 1 is 1.50 bits per heavy atom. The molecule has 0 saturated carbocycles. The topological polar surface area (TPSA) is 66.5 Å². The maximum absolute atomic E-state index is 9.91. The Labute approximate surface area is 108 Å². The molecule has 0 aliphatic heterocycles. The van der Waals surface area contributed by atoms with Crippen molar-refractivity contribution in [3.63, 3.8) is 0 Å². The molecule has 1 aromatic rings. The van der Waals surface area contributed by atoms with Crippen molar-refractivity contribution in [1.82, 2.24) is 0 Å². The Hall–Kier alpha value is -0.290. The standard InChI is InChI=1S/C11H15BrClNO2/c1-11(2,5-15)10(14)8-7(13)4-3-6(12)9(8)16/h3-4,10,15-16H,5,14H2,1-2H3/t10-/m1/s1. The normalized spacial score (nSPS) is 13.9. The highest BCUT2D eigenvalue weighted by molar-refractivity contribution is 9.10. The van der Waals surface area contributed by atoms with Crippen LogP contribution in [-0.4, -0.2) is 16.8 Å². The molecule has 0 radical (unpaired) electrons. The van der Waals surface area contributed by atoms with Gasteiger partial charge in [0, 0.05) is 28.6 Å². The monoisotopic (exact) mass is 307 g/mol. The van der Waals surface area contributed by atoms with Gasteiger partial charge in [-0.15, -0.1) is 0 Å². The van der Waals surface area contributed by atoms with E-state index in [0.29, 0.717) is 15.1 Å². The summed E-state index contributed by atoms with van der Waals surface area (Å²) in [6, 6.07) is 2.77. The smallest absolute Gasteiger partial charge is 0.136 e. The van der Waals surface area contributed by atoms with Gasteiger partial charge in [-0.05, 0) is 28.1 Å². The Morgan fingerprint density at radius 2 is 2.06 bits per heavy atom. The number of phenols is 1. The third-order valence-electron chi connectivity index (χ3n) is 2.68. The van der Waals surface area contributed by atoms with Gasteiger partial charge in [0.05, 0.1) is 4.47 Å². The van der Waals surface area contributed by atoms with Crippen LogP contribution in [-0.2, 0) is 0 Å². The summed E-state index contributed by atoms with van der Waals surface area (Å²) in [5.41, 5.74) is 5.93. The predicted octanol–water partition coefficient (Wildman–Crippen LogP) is 2.83. The quantitative estimate of drug-likeness (QED) is 0.804. The van der Waals surface area contributed by atoms with Gasteiger partial charge in [0.15, 0.2) is 0 Å². The molecule has 90 valence electrons. The number of aliphatic hydroxyl groups excluding tert-OH is 1. The first-order valence-corrected chi connectivity index (χ1v) is 6.01. The number of aliphatic hydroxyl groups is 1. The van der Waals surface area contributed by atoms with Gasteiger partial charge in [-0.25, -0.2) is 0 Å². The van der Waals surface area contributed by atoms with Crippen LogP contribution in [0.25, 0.3) is 0 Å². The van der Waals surface area contributed by atoms with Crippen LogP contribution in [0.4, 0.5) is 0 Å². The molecule has 3 nitrogen and oxygen atoms in total. The number of hydrogen-bond donors (Lipinski definition) is 3. The van der Waals surface area contributed by atoms with Crippen LogP contribution in [0, 0.1) is 5.41 Å². The summed E-state index contributed by atoms with van der Waals surface area (Å²) in [5.74, 6) is 0.0292. The Bertz CT molecular complexity index is 396. The Balaban J connectivity index is 3.28. The van der Waals surface area contributed by atoms with E-state index >= 15 is 0 Å². The van der Waals surface area contributed by atoms with E-state index in [1.807, 2.05) is 13.8 Å². The van der Waals surface area contributed by atoms with Crippen molar-refractivity contribution in [2.45, 2.75) is 19.9 Å². The molecular weight excluding hydrogens is 293 g/mol. The minimum atomic E-state index is -0.554. The SMILES string of the molecule is CC(C)(CO)[C@H](N)c1c(Cl)ccc(Br)c1O. The number of aromatic hydroxyl groups is 1. The number of nitrogens with two attached hydrogens (primary N) is 1. The van der Waals surface area contributed by atoms with Crippen LogP contribution in [0.3, 0.4) is 0 Å². The van der Waals surface area contributed by atoms with Crippen molar-refractivity contribution < 1.29 is 10.2 Å². The van der Waals surface area contributed by atoms with Crippen LogP contribution < -0.4 is 5.73 Å². The third kappa shape index (κ3) is 2.51. The van der Waals surface area contributed by atoms with Crippen molar-refractivity contribution in [2.75, 3.05) is 6.61 Å². The molecule has 1 rings (SSSR count). The average Bonchev–Trinajstić information content (AvgIpc) is 2.24. The van der Waals surface area contributed by atoms with Crippen molar-refractivity contribution in [3.05, 3.63) is 27.2 Å². The second-order valence-electron chi connectivity index (χ2n) is 4.42. The number of hydrogen-bond acceptors (Lipinski definition) is 3. The molecule has 0 aromatic heterocycles. The van der Waals surface area contributed by atoms with Crippen LogP contribution in [0.15, 0.2) is 16.6 Å². The fraction of sp³-hybridized carbons (Fsp3) is 0.455. The van der Waals surface area contributed by atoms with Gasteiger partial charge in [0.2, 0.25) is 0 Å². The van der Waals surface area contributed by atoms with E-state index in [2.05, 4.69) is 15.9 Å². The zero-order valence-corrected chi connectivity index (χ0v) is 11.5. The predicted molar refractivity (Wildman–Crippen MR) is 68.6 cm³/mol. The molecule has 0 heterocycles. The molecule has 0 bridgehead atoms. The summed E-state index contributed by atoms with van der Waals surface area (Å²) in [5, 5.41) is 19.6. The molecule has 1 aromatic carbocycles. The van der Waals surface area contributed by atoms with E-state index in [-0.39, 0.29) is 12.4 Å². The number of rotatable bonds is 3. The maximum Gasteiger partial charge on any atom is 0.136 e. The second kappa shape index (κ2) is 4.92. The van der Waals surface area contributed by atoms with Gasteiger partial charge >= 0.3 is 0 Å². The van der Waals surface area contributed by atoms with Crippen LogP contribution >= 0.6 is 27.5 Å². The van der Waals surface area contributed by atoms with E-state index < -0.39 is 11.5 Å². The summed E-state index contributed by atoms with van der Waals surface area (Å²) >= 11 is 9.23. The highest BCUT2D eigenvalue weighted by atomic mass is 79.9. The van der Waals surface area contributed by atoms with Gasteiger partial charge in [-0.1, -0.05) is 25.4 Å². The zero-order chi connectivity index (χ0) is 12.5. The van der Waals surface area contributed by atoms with E-state index in [0.717, 1.165) is 0 Å². The molecule has 0 saturated heterocycles. The lowest BCUT2D eigenvalue weighted by Crippen LogP contribution is -2.32. The summed E-state index contributed by atoms with van der Waals surface area (Å²) in [7, 11) is 0. The molecule has 0 unspecified atom stereocenters. The number of phenolic OH excluding ortho intramolecular Hbond substituents is 1. The van der Waals surface area contributed by atoms with Crippen LogP contribution in [0.1, 0.15) is 25.5 Å². The van der Waals surface area contributed by atoms with Crippen molar-refractivity contribution in [3.8, 4) is 5.75 Å². The number of halogens is 2. The molecule has 0 aliphatic carbocycles. The second-order valence-corrected chi connectivity index (χ2v) is 5.68. The molecule has 1 atom stereocenters. The minimum absolute atomic E-state index is 0.0292. The van der Waals surface area contributed by atoms with Crippen molar-refractivity contribution in [1.29, 1.82) is 0 Å². The zero-order valence-electron chi connectivity index (χ0n) is 9.17. The highest BCUT2D eigenvalue weighted by Gasteiger charge is 2.31. The van der Waals surface area contributed by atoms with Gasteiger partial charge in [-0.3, -0.25) is 0 Å². The van der Waals surface area contributed by atoms with Gasteiger partial charge in [0.25, 0.3) is 0 Å². The van der Waals surface area contributed by atoms with E-state index in [9.17, 15) is 10.2 Å². The lowest BCUT2D eigenvalue weighted by Gasteiger charge is -2.30. The van der Waals surface area contributed by atoms with Crippen LogP contribution in [0.5, 0.6) is 5.75 Å². The lowest BCUT2D eigenvalue weighted by atomic mass is 9.81. The van der Waals surface area contributed by atoms with E-state index in [1.165, 1.54) is 0 Å². The van der Waals surface area contributed by atoms with Gasteiger partial charge < -0.3 is 15.9 Å².